The van der Waals surface area contributed by atoms with E-state index < -0.39 is 0 Å². The van der Waals surface area contributed by atoms with Crippen molar-refractivity contribution in [1.29, 1.82) is 0 Å². The third-order valence-corrected chi connectivity index (χ3v) is 4.25. The van der Waals surface area contributed by atoms with Crippen LogP contribution in [0.4, 0.5) is 0 Å². The second kappa shape index (κ2) is 6.79. The summed E-state index contributed by atoms with van der Waals surface area (Å²) < 4.78 is 1.82. The predicted molar refractivity (Wildman–Crippen MR) is 99.0 cm³/mol. The first-order chi connectivity index (χ1) is 12.7. The fraction of sp³-hybridized carbons (Fsp3) is 0.158. The topological polar surface area (TPSA) is 92.7 Å². The second-order valence-electron chi connectivity index (χ2n) is 6.00. The number of benzene rings is 2. The summed E-state index contributed by atoms with van der Waals surface area (Å²) >= 11 is 0. The van der Waals surface area contributed by atoms with Gasteiger partial charge in [0, 0.05) is 30.1 Å². The number of pyridine rings is 1. The third-order valence-electron chi connectivity index (χ3n) is 4.25. The molecule has 0 spiro atoms. The van der Waals surface area contributed by atoms with Gasteiger partial charge >= 0.3 is 0 Å². The van der Waals surface area contributed by atoms with E-state index in [0.29, 0.717) is 30.6 Å². The Bertz CT molecular complexity index is 1150. The molecule has 0 radical (unpaired) electrons. The summed E-state index contributed by atoms with van der Waals surface area (Å²) in [5.74, 6) is -0.254. The van der Waals surface area contributed by atoms with Crippen LogP contribution in [0, 0.1) is 0 Å². The van der Waals surface area contributed by atoms with E-state index in [4.69, 9.17) is 0 Å². The Labute approximate surface area is 148 Å². The molecule has 0 aliphatic carbocycles. The molecule has 2 N–H and O–H groups in total. The van der Waals surface area contributed by atoms with Crippen LogP contribution in [0.2, 0.25) is 0 Å². The van der Waals surface area contributed by atoms with Crippen LogP contribution in [0.3, 0.4) is 0 Å². The van der Waals surface area contributed by atoms with Crippen LogP contribution in [0.1, 0.15) is 16.8 Å². The van der Waals surface area contributed by atoms with Crippen molar-refractivity contribution < 1.29 is 4.79 Å². The number of aromatic nitrogens is 4. The van der Waals surface area contributed by atoms with E-state index in [1.54, 1.807) is 6.07 Å². The lowest BCUT2D eigenvalue weighted by molar-refractivity contribution is 0.0954. The van der Waals surface area contributed by atoms with E-state index in [2.05, 4.69) is 20.6 Å². The van der Waals surface area contributed by atoms with E-state index >= 15 is 0 Å². The Morgan fingerprint density at radius 1 is 1.12 bits per heavy atom. The van der Waals surface area contributed by atoms with Crippen LogP contribution in [0.25, 0.3) is 21.9 Å². The largest absolute Gasteiger partial charge is 0.352 e. The van der Waals surface area contributed by atoms with Gasteiger partial charge in [0.25, 0.3) is 5.91 Å². The lowest BCUT2D eigenvalue weighted by atomic mass is 10.1. The summed E-state index contributed by atoms with van der Waals surface area (Å²) in [4.78, 5) is 27.0. The molecule has 0 atom stereocenters. The fourth-order valence-corrected chi connectivity index (χ4v) is 3.00. The maximum atomic E-state index is 12.5. The number of H-pyrrole nitrogens is 1. The van der Waals surface area contributed by atoms with Gasteiger partial charge in [-0.25, -0.2) is 4.68 Å². The van der Waals surface area contributed by atoms with Crippen molar-refractivity contribution in [2.45, 2.75) is 13.0 Å². The molecule has 7 heteroatoms. The number of carbonyl (C=O) groups excluding carboxylic acids is 1. The second-order valence-corrected chi connectivity index (χ2v) is 6.00. The van der Waals surface area contributed by atoms with Crippen LogP contribution in [0.15, 0.2) is 59.4 Å². The van der Waals surface area contributed by atoms with Gasteiger partial charge in [-0.3, -0.25) is 9.59 Å². The summed E-state index contributed by atoms with van der Waals surface area (Å²) in [7, 11) is 0. The Balaban J connectivity index is 1.42. The van der Waals surface area contributed by atoms with Crippen molar-refractivity contribution in [2.75, 3.05) is 6.54 Å². The number of carbonyl (C=O) groups is 1. The summed E-state index contributed by atoms with van der Waals surface area (Å²) in [5, 5.41) is 11.8. The van der Waals surface area contributed by atoms with Gasteiger partial charge < -0.3 is 10.3 Å². The Kier molecular flexibility index (Phi) is 4.18. The van der Waals surface area contributed by atoms with Crippen molar-refractivity contribution in [1.82, 2.24) is 25.3 Å². The molecule has 0 saturated heterocycles. The van der Waals surface area contributed by atoms with E-state index in [0.717, 1.165) is 16.4 Å². The zero-order valence-corrected chi connectivity index (χ0v) is 14.0. The number of para-hydroxylation sites is 2. The Morgan fingerprint density at radius 2 is 1.92 bits per heavy atom. The van der Waals surface area contributed by atoms with E-state index in [1.165, 1.54) is 6.07 Å². The summed E-state index contributed by atoms with van der Waals surface area (Å²) in [5.41, 5.74) is 2.57. The molecule has 0 unspecified atom stereocenters. The van der Waals surface area contributed by atoms with Crippen molar-refractivity contribution >= 4 is 27.8 Å². The highest BCUT2D eigenvalue weighted by Crippen LogP contribution is 2.14. The maximum absolute atomic E-state index is 12.5. The SMILES string of the molecule is O=C(NCCCn1nnc2ccccc21)c1cc(=O)[nH]c2ccccc12. The lowest BCUT2D eigenvalue weighted by Crippen LogP contribution is -2.27. The molecular weight excluding hydrogens is 330 g/mol. The fourth-order valence-electron chi connectivity index (χ4n) is 3.00. The molecule has 26 heavy (non-hydrogen) atoms. The number of nitrogens with zero attached hydrogens (tertiary/aromatic N) is 3. The molecular formula is C19H17N5O2. The van der Waals surface area contributed by atoms with Crippen LogP contribution in [0.5, 0.6) is 0 Å². The number of hydrogen-bond donors (Lipinski definition) is 2. The van der Waals surface area contributed by atoms with Crippen LogP contribution < -0.4 is 10.9 Å². The molecule has 7 nitrogen and oxygen atoms in total. The molecule has 4 aromatic rings. The van der Waals surface area contributed by atoms with Crippen molar-refractivity contribution in [3.05, 3.63) is 70.5 Å². The highest BCUT2D eigenvalue weighted by Gasteiger charge is 2.11. The third kappa shape index (κ3) is 3.06. The molecule has 130 valence electrons. The first kappa shape index (κ1) is 16.0. The number of aromatic amines is 1. The monoisotopic (exact) mass is 347 g/mol. The van der Waals surface area contributed by atoms with Crippen molar-refractivity contribution in [3.8, 4) is 0 Å². The van der Waals surface area contributed by atoms with Gasteiger partial charge in [0.05, 0.1) is 11.1 Å². The number of hydrogen-bond acceptors (Lipinski definition) is 4. The lowest BCUT2D eigenvalue weighted by Gasteiger charge is -2.08. The van der Waals surface area contributed by atoms with Crippen LogP contribution in [-0.2, 0) is 6.54 Å². The van der Waals surface area contributed by atoms with Gasteiger partial charge in [-0.05, 0) is 24.6 Å². The summed E-state index contributed by atoms with van der Waals surface area (Å²) in [6.07, 6.45) is 0.709. The average Bonchev–Trinajstić information content (AvgIpc) is 3.07. The zero-order chi connectivity index (χ0) is 17.9. The van der Waals surface area contributed by atoms with Crippen LogP contribution >= 0.6 is 0 Å². The number of aryl methyl sites for hydroxylation is 1. The van der Waals surface area contributed by atoms with E-state index in [1.807, 2.05) is 47.1 Å². The Hall–Kier alpha value is -3.48. The number of fused-ring (bicyclic) bond motifs is 2. The van der Waals surface area contributed by atoms with Crippen LogP contribution in [-0.4, -0.2) is 32.4 Å². The minimum absolute atomic E-state index is 0.254. The highest BCUT2D eigenvalue weighted by molar-refractivity contribution is 6.05. The Morgan fingerprint density at radius 3 is 2.85 bits per heavy atom. The minimum atomic E-state index is -0.289. The number of nitrogens with one attached hydrogen (secondary N) is 2. The van der Waals surface area contributed by atoms with Crippen molar-refractivity contribution in [3.63, 3.8) is 0 Å². The first-order valence-electron chi connectivity index (χ1n) is 8.41. The first-order valence-corrected chi connectivity index (χ1v) is 8.41. The molecule has 2 aromatic carbocycles. The maximum Gasteiger partial charge on any atom is 0.252 e. The number of amides is 1. The van der Waals surface area contributed by atoms with Gasteiger partial charge in [-0.2, -0.15) is 0 Å². The van der Waals surface area contributed by atoms with Gasteiger partial charge in [0.1, 0.15) is 5.52 Å². The molecule has 0 fully saturated rings. The molecule has 2 heterocycles. The average molecular weight is 347 g/mol. The molecule has 4 rings (SSSR count). The highest BCUT2D eigenvalue weighted by atomic mass is 16.2. The van der Waals surface area contributed by atoms with E-state index in [-0.39, 0.29) is 11.5 Å². The normalized spacial score (nSPS) is 11.1. The zero-order valence-electron chi connectivity index (χ0n) is 14.0. The standard InChI is InChI=1S/C19H17N5O2/c25-18-12-14(13-6-1-2-7-15(13)21-18)19(26)20-10-5-11-24-17-9-4-3-8-16(17)22-23-24/h1-4,6-9,12H,5,10-11H2,(H,20,26)(H,21,25). The quantitative estimate of drug-likeness (QED) is 0.541. The summed E-state index contributed by atoms with van der Waals surface area (Å²) in [6.45, 7) is 1.13. The molecule has 0 aliphatic heterocycles. The smallest absolute Gasteiger partial charge is 0.252 e. The van der Waals surface area contributed by atoms with E-state index in [9.17, 15) is 9.59 Å². The van der Waals surface area contributed by atoms with Crippen molar-refractivity contribution in [2.24, 2.45) is 0 Å². The molecule has 0 saturated carbocycles. The number of rotatable bonds is 5. The van der Waals surface area contributed by atoms with Gasteiger partial charge in [-0.15, -0.1) is 5.10 Å². The predicted octanol–water partition coefficient (Wildman–Crippen LogP) is 2.09. The molecule has 0 bridgehead atoms. The molecule has 2 aromatic heterocycles. The summed E-state index contributed by atoms with van der Waals surface area (Å²) in [6, 6.07) is 16.4. The van der Waals surface area contributed by atoms with Gasteiger partial charge in [0.15, 0.2) is 0 Å². The van der Waals surface area contributed by atoms with Gasteiger partial charge in [-0.1, -0.05) is 35.5 Å². The molecule has 0 aliphatic rings. The minimum Gasteiger partial charge on any atom is -0.352 e. The molecule has 1 amide bonds. The van der Waals surface area contributed by atoms with Gasteiger partial charge in [0.2, 0.25) is 5.56 Å².